The lowest BCUT2D eigenvalue weighted by molar-refractivity contribution is 0.586. The summed E-state index contributed by atoms with van der Waals surface area (Å²) in [5.41, 5.74) is 5.04. The molecule has 1 nitrogen and oxygen atoms in total. The van der Waals surface area contributed by atoms with E-state index in [-0.39, 0.29) is 0 Å². The minimum atomic E-state index is 0.768. The summed E-state index contributed by atoms with van der Waals surface area (Å²) in [6, 6.07) is 17.3. The van der Waals surface area contributed by atoms with Gasteiger partial charge >= 0.3 is 0 Å². The molecule has 2 aromatic carbocycles. The normalized spacial score (nSPS) is 10.6. The molecule has 0 aromatic heterocycles. The summed E-state index contributed by atoms with van der Waals surface area (Å²) in [6.45, 7) is 9.17. The smallest absolute Gasteiger partial charge is 0.0400 e. The van der Waals surface area contributed by atoms with Crippen LogP contribution in [0.3, 0.4) is 0 Å². The van der Waals surface area contributed by atoms with Crippen LogP contribution < -0.4 is 5.32 Å². The molecule has 0 aliphatic heterocycles. The Hall–Kier alpha value is -2.02. The highest BCUT2D eigenvalue weighted by molar-refractivity contribution is 5.53. The Balaban J connectivity index is 1.86. The van der Waals surface area contributed by atoms with E-state index in [1.165, 1.54) is 24.0 Å². The predicted molar refractivity (Wildman–Crippen MR) is 93.5 cm³/mol. The first-order valence-corrected chi connectivity index (χ1v) is 7.71. The van der Waals surface area contributed by atoms with Gasteiger partial charge in [0.2, 0.25) is 0 Å². The van der Waals surface area contributed by atoms with Crippen molar-refractivity contribution >= 4 is 11.8 Å². The molecule has 2 aromatic rings. The van der Waals surface area contributed by atoms with Crippen molar-refractivity contribution in [1.29, 1.82) is 0 Å². The molecule has 0 radical (unpaired) electrons. The molecule has 0 heterocycles. The van der Waals surface area contributed by atoms with Crippen LogP contribution in [0.4, 0.5) is 5.69 Å². The van der Waals surface area contributed by atoms with Gasteiger partial charge in [0.25, 0.3) is 0 Å². The second kappa shape index (κ2) is 7.68. The van der Waals surface area contributed by atoms with Gasteiger partial charge in [-0.2, -0.15) is 0 Å². The number of aryl methyl sites for hydroxylation is 1. The van der Waals surface area contributed by atoms with Gasteiger partial charge in [-0.15, -0.1) is 0 Å². The van der Waals surface area contributed by atoms with Crippen molar-refractivity contribution in [3.8, 4) is 0 Å². The third-order valence-electron chi connectivity index (χ3n) is 3.68. The largest absolute Gasteiger partial charge is 0.381 e. The monoisotopic (exact) mass is 279 g/mol. The highest BCUT2D eigenvalue weighted by Gasteiger charge is 1.98. The molecule has 21 heavy (non-hydrogen) atoms. The Morgan fingerprint density at radius 3 is 2.14 bits per heavy atom. The van der Waals surface area contributed by atoms with Crippen molar-refractivity contribution in [3.63, 3.8) is 0 Å². The zero-order valence-electron chi connectivity index (χ0n) is 13.1. The van der Waals surface area contributed by atoms with Crippen LogP contribution in [-0.4, -0.2) is 0 Å². The third kappa shape index (κ3) is 5.11. The van der Waals surface area contributed by atoms with Gasteiger partial charge < -0.3 is 5.32 Å². The summed E-state index contributed by atoms with van der Waals surface area (Å²) in [7, 11) is 0. The standard InChI is InChI=1S/C20H25N/c1-4-17-11-13-20(14-12-17)21-15-19-9-7-18(8-10-19)6-5-16(2)3/h4,7-14,16,21H,1,5-6,15H2,2-3H3. The van der Waals surface area contributed by atoms with E-state index in [9.17, 15) is 0 Å². The van der Waals surface area contributed by atoms with Gasteiger partial charge in [0.15, 0.2) is 0 Å². The maximum Gasteiger partial charge on any atom is 0.0400 e. The Morgan fingerprint density at radius 2 is 1.57 bits per heavy atom. The molecule has 0 saturated heterocycles. The first-order valence-electron chi connectivity index (χ1n) is 7.71. The topological polar surface area (TPSA) is 12.0 Å². The Bertz CT molecular complexity index is 549. The first kappa shape index (κ1) is 15.4. The fourth-order valence-electron chi connectivity index (χ4n) is 2.22. The number of anilines is 1. The van der Waals surface area contributed by atoms with Crippen LogP contribution in [0, 0.1) is 5.92 Å². The quantitative estimate of drug-likeness (QED) is 0.702. The van der Waals surface area contributed by atoms with E-state index < -0.39 is 0 Å². The Kier molecular flexibility index (Phi) is 5.62. The molecule has 0 atom stereocenters. The van der Waals surface area contributed by atoms with Gasteiger partial charge in [-0.3, -0.25) is 0 Å². The number of hydrogen-bond acceptors (Lipinski definition) is 1. The lowest BCUT2D eigenvalue weighted by Gasteiger charge is -2.09. The Labute approximate surface area is 128 Å². The highest BCUT2D eigenvalue weighted by Crippen LogP contribution is 2.14. The van der Waals surface area contributed by atoms with E-state index in [4.69, 9.17) is 0 Å². The average molecular weight is 279 g/mol. The van der Waals surface area contributed by atoms with Gasteiger partial charge in [0.05, 0.1) is 0 Å². The van der Waals surface area contributed by atoms with Crippen molar-refractivity contribution < 1.29 is 0 Å². The van der Waals surface area contributed by atoms with Crippen LogP contribution in [0.5, 0.6) is 0 Å². The summed E-state index contributed by atoms with van der Waals surface area (Å²) in [4.78, 5) is 0. The number of rotatable bonds is 7. The van der Waals surface area contributed by atoms with E-state index in [2.05, 4.69) is 74.3 Å². The molecule has 0 aliphatic carbocycles. The molecule has 0 unspecified atom stereocenters. The highest BCUT2D eigenvalue weighted by atomic mass is 14.9. The molecular formula is C20H25N. The van der Waals surface area contributed by atoms with Crippen LogP contribution in [-0.2, 0) is 13.0 Å². The number of hydrogen-bond donors (Lipinski definition) is 1. The molecule has 0 fully saturated rings. The average Bonchev–Trinajstić information content (AvgIpc) is 2.52. The molecule has 0 spiro atoms. The van der Waals surface area contributed by atoms with Crippen molar-refractivity contribution in [2.75, 3.05) is 5.32 Å². The van der Waals surface area contributed by atoms with Gasteiger partial charge in [0, 0.05) is 12.2 Å². The molecule has 1 heteroatoms. The summed E-state index contributed by atoms with van der Waals surface area (Å²) >= 11 is 0. The maximum absolute atomic E-state index is 3.77. The first-order chi connectivity index (χ1) is 10.2. The van der Waals surface area contributed by atoms with Gasteiger partial charge in [-0.05, 0) is 47.6 Å². The predicted octanol–water partition coefficient (Wildman–Crippen LogP) is 5.53. The molecule has 0 bridgehead atoms. The van der Waals surface area contributed by atoms with Gasteiger partial charge in [0.1, 0.15) is 0 Å². The van der Waals surface area contributed by atoms with Crippen LogP contribution in [0.1, 0.15) is 37.0 Å². The van der Waals surface area contributed by atoms with Gasteiger partial charge in [-0.1, -0.05) is 62.9 Å². The zero-order chi connectivity index (χ0) is 15.1. The third-order valence-corrected chi connectivity index (χ3v) is 3.68. The number of benzene rings is 2. The second-order valence-electron chi connectivity index (χ2n) is 5.93. The summed E-state index contributed by atoms with van der Waals surface area (Å²) in [5, 5.41) is 3.45. The van der Waals surface area contributed by atoms with Crippen LogP contribution >= 0.6 is 0 Å². The van der Waals surface area contributed by atoms with E-state index >= 15 is 0 Å². The molecular weight excluding hydrogens is 254 g/mol. The lowest BCUT2D eigenvalue weighted by atomic mass is 10.0. The van der Waals surface area contributed by atoms with E-state index in [0.717, 1.165) is 23.7 Å². The van der Waals surface area contributed by atoms with Crippen molar-refractivity contribution in [2.45, 2.75) is 33.2 Å². The summed E-state index contributed by atoms with van der Waals surface area (Å²) in [6.07, 6.45) is 4.29. The lowest BCUT2D eigenvalue weighted by Crippen LogP contribution is -1.99. The van der Waals surface area contributed by atoms with E-state index in [1.807, 2.05) is 6.08 Å². The molecule has 2 rings (SSSR count). The molecule has 0 saturated carbocycles. The van der Waals surface area contributed by atoms with Crippen molar-refractivity contribution in [1.82, 2.24) is 0 Å². The fourth-order valence-corrected chi connectivity index (χ4v) is 2.22. The van der Waals surface area contributed by atoms with Crippen LogP contribution in [0.2, 0.25) is 0 Å². The molecule has 0 aliphatic rings. The zero-order valence-corrected chi connectivity index (χ0v) is 13.1. The second-order valence-corrected chi connectivity index (χ2v) is 5.93. The van der Waals surface area contributed by atoms with Crippen molar-refractivity contribution in [2.24, 2.45) is 5.92 Å². The SMILES string of the molecule is C=Cc1ccc(NCc2ccc(CCC(C)C)cc2)cc1. The minimum absolute atomic E-state index is 0.768. The maximum atomic E-state index is 3.77. The van der Waals surface area contributed by atoms with Crippen LogP contribution in [0.25, 0.3) is 6.08 Å². The van der Waals surface area contributed by atoms with Gasteiger partial charge in [-0.25, -0.2) is 0 Å². The molecule has 1 N–H and O–H groups in total. The van der Waals surface area contributed by atoms with E-state index in [0.29, 0.717) is 0 Å². The minimum Gasteiger partial charge on any atom is -0.381 e. The number of nitrogens with one attached hydrogen (secondary N) is 1. The summed E-state index contributed by atoms with van der Waals surface area (Å²) < 4.78 is 0. The molecule has 0 amide bonds. The summed E-state index contributed by atoms with van der Waals surface area (Å²) in [5.74, 6) is 0.768. The Morgan fingerprint density at radius 1 is 0.952 bits per heavy atom. The van der Waals surface area contributed by atoms with Crippen LogP contribution in [0.15, 0.2) is 55.1 Å². The van der Waals surface area contributed by atoms with Crippen molar-refractivity contribution in [3.05, 3.63) is 71.8 Å². The fraction of sp³-hybridized carbons (Fsp3) is 0.300. The van der Waals surface area contributed by atoms with E-state index in [1.54, 1.807) is 0 Å². The molecule has 110 valence electrons.